The third kappa shape index (κ3) is 5.22. The van der Waals surface area contributed by atoms with Crippen molar-refractivity contribution in [2.24, 2.45) is 5.73 Å². The number of ether oxygens (including phenoxy) is 1. The molecule has 2 rings (SSSR count). The molecule has 0 aliphatic carbocycles. The summed E-state index contributed by atoms with van der Waals surface area (Å²) in [6.07, 6.45) is 1.12. The second-order valence-electron chi connectivity index (χ2n) is 5.22. The zero-order valence-electron chi connectivity index (χ0n) is 12.8. The van der Waals surface area contributed by atoms with Crippen molar-refractivity contribution in [1.29, 1.82) is 0 Å². The lowest BCUT2D eigenvalue weighted by Crippen LogP contribution is -2.12. The number of hydrogen-bond acceptors (Lipinski definition) is 3. The third-order valence-corrected chi connectivity index (χ3v) is 3.28. The maximum absolute atomic E-state index is 11.8. The van der Waals surface area contributed by atoms with E-state index in [-0.39, 0.29) is 5.91 Å². The minimum absolute atomic E-state index is 0.00617. The summed E-state index contributed by atoms with van der Waals surface area (Å²) in [7, 11) is 0. The topological polar surface area (TPSA) is 64.3 Å². The second-order valence-corrected chi connectivity index (χ2v) is 5.22. The first-order valence-electron chi connectivity index (χ1n) is 7.46. The first-order chi connectivity index (χ1) is 10.7. The molecular weight excluding hydrogens is 276 g/mol. The Morgan fingerprint density at radius 1 is 1.18 bits per heavy atom. The third-order valence-electron chi connectivity index (χ3n) is 3.28. The summed E-state index contributed by atoms with van der Waals surface area (Å²) in [4.78, 5) is 11.8. The minimum Gasteiger partial charge on any atom is -0.494 e. The summed E-state index contributed by atoms with van der Waals surface area (Å²) in [6.45, 7) is 3.06. The molecule has 0 heterocycles. The van der Waals surface area contributed by atoms with Crippen molar-refractivity contribution in [2.75, 3.05) is 11.9 Å². The van der Waals surface area contributed by atoms with Crippen LogP contribution < -0.4 is 15.8 Å². The van der Waals surface area contributed by atoms with Crippen LogP contribution >= 0.6 is 0 Å². The number of rotatable bonds is 7. The molecule has 0 saturated carbocycles. The largest absolute Gasteiger partial charge is 0.494 e. The van der Waals surface area contributed by atoms with Crippen LogP contribution in [0.5, 0.6) is 5.75 Å². The summed E-state index contributed by atoms with van der Waals surface area (Å²) >= 11 is 0. The zero-order valence-corrected chi connectivity index (χ0v) is 12.8. The van der Waals surface area contributed by atoms with E-state index in [1.807, 2.05) is 55.5 Å². The fourth-order valence-corrected chi connectivity index (χ4v) is 2.08. The minimum atomic E-state index is -0.00617. The molecule has 22 heavy (non-hydrogen) atoms. The number of aryl methyl sites for hydroxylation is 1. The van der Waals surface area contributed by atoms with Crippen molar-refractivity contribution >= 4 is 11.6 Å². The van der Waals surface area contributed by atoms with Crippen LogP contribution in [0.25, 0.3) is 0 Å². The Bertz CT molecular complexity index is 609. The van der Waals surface area contributed by atoms with Crippen molar-refractivity contribution in [1.82, 2.24) is 0 Å². The number of hydrogen-bond donors (Lipinski definition) is 2. The van der Waals surface area contributed by atoms with Crippen LogP contribution in [0.2, 0.25) is 0 Å². The molecule has 1 amide bonds. The molecule has 0 aliphatic rings. The lowest BCUT2D eigenvalue weighted by atomic mass is 10.2. The Kier molecular flexibility index (Phi) is 5.98. The van der Waals surface area contributed by atoms with Crippen molar-refractivity contribution in [3.63, 3.8) is 0 Å². The summed E-state index contributed by atoms with van der Waals surface area (Å²) in [6, 6.07) is 15.4. The average Bonchev–Trinajstić information content (AvgIpc) is 2.52. The highest BCUT2D eigenvalue weighted by Crippen LogP contribution is 2.13. The van der Waals surface area contributed by atoms with Gasteiger partial charge in [-0.05, 0) is 48.7 Å². The predicted molar refractivity (Wildman–Crippen MR) is 88.9 cm³/mol. The normalized spacial score (nSPS) is 10.3. The summed E-state index contributed by atoms with van der Waals surface area (Å²) < 4.78 is 5.62. The number of nitrogens with one attached hydrogen (secondary N) is 1. The highest BCUT2D eigenvalue weighted by molar-refractivity contribution is 5.90. The molecule has 2 aromatic rings. The van der Waals surface area contributed by atoms with Gasteiger partial charge in [0.2, 0.25) is 5.91 Å². The van der Waals surface area contributed by atoms with Crippen LogP contribution in [-0.2, 0) is 11.3 Å². The molecule has 0 spiro atoms. The van der Waals surface area contributed by atoms with E-state index in [9.17, 15) is 4.79 Å². The Labute approximate surface area is 131 Å². The average molecular weight is 298 g/mol. The van der Waals surface area contributed by atoms with Crippen LogP contribution in [0, 0.1) is 6.92 Å². The zero-order chi connectivity index (χ0) is 15.8. The van der Waals surface area contributed by atoms with E-state index in [0.717, 1.165) is 22.6 Å². The second kappa shape index (κ2) is 8.20. The van der Waals surface area contributed by atoms with Crippen LogP contribution in [0.15, 0.2) is 48.5 Å². The number of benzene rings is 2. The fraction of sp³-hybridized carbons (Fsp3) is 0.278. The van der Waals surface area contributed by atoms with E-state index in [0.29, 0.717) is 26.0 Å². The molecule has 3 N–H and O–H groups in total. The molecule has 0 fully saturated rings. The number of carbonyl (C=O) groups excluding carboxylic acids is 1. The van der Waals surface area contributed by atoms with Gasteiger partial charge in [-0.2, -0.15) is 0 Å². The van der Waals surface area contributed by atoms with Gasteiger partial charge in [-0.3, -0.25) is 4.79 Å². The lowest BCUT2D eigenvalue weighted by molar-refractivity contribution is -0.116. The van der Waals surface area contributed by atoms with E-state index in [4.69, 9.17) is 10.5 Å². The lowest BCUT2D eigenvalue weighted by Gasteiger charge is -2.08. The van der Waals surface area contributed by atoms with Crippen LogP contribution in [-0.4, -0.2) is 12.5 Å². The number of anilines is 1. The van der Waals surface area contributed by atoms with Gasteiger partial charge in [0.25, 0.3) is 0 Å². The molecule has 0 aromatic heterocycles. The quantitative estimate of drug-likeness (QED) is 0.771. The molecule has 0 aliphatic heterocycles. The van der Waals surface area contributed by atoms with E-state index >= 15 is 0 Å². The van der Waals surface area contributed by atoms with Crippen molar-refractivity contribution in [2.45, 2.75) is 26.3 Å². The van der Waals surface area contributed by atoms with Gasteiger partial charge in [0.05, 0.1) is 6.61 Å². The van der Waals surface area contributed by atoms with Gasteiger partial charge in [0.1, 0.15) is 5.75 Å². The van der Waals surface area contributed by atoms with Gasteiger partial charge >= 0.3 is 0 Å². The standard InChI is InChI=1S/C18H22N2O2/c1-14-4-2-5-17(12-14)22-11-3-6-18(21)20-16-9-7-15(13-19)8-10-16/h2,4-5,7-10,12H,3,6,11,13,19H2,1H3,(H,20,21). The monoisotopic (exact) mass is 298 g/mol. The number of carbonyl (C=O) groups is 1. The van der Waals surface area contributed by atoms with E-state index in [2.05, 4.69) is 5.32 Å². The Hall–Kier alpha value is -2.33. The smallest absolute Gasteiger partial charge is 0.224 e. The van der Waals surface area contributed by atoms with Gasteiger partial charge in [-0.15, -0.1) is 0 Å². The first kappa shape index (κ1) is 16.0. The van der Waals surface area contributed by atoms with Crippen molar-refractivity contribution < 1.29 is 9.53 Å². The molecule has 0 unspecified atom stereocenters. The summed E-state index contributed by atoms with van der Waals surface area (Å²) in [5.74, 6) is 0.839. The van der Waals surface area contributed by atoms with Gasteiger partial charge < -0.3 is 15.8 Å². The molecule has 2 aromatic carbocycles. The number of nitrogens with two attached hydrogens (primary N) is 1. The van der Waals surface area contributed by atoms with Crippen LogP contribution in [0.1, 0.15) is 24.0 Å². The highest BCUT2D eigenvalue weighted by Gasteiger charge is 2.03. The molecule has 0 saturated heterocycles. The molecule has 4 nitrogen and oxygen atoms in total. The van der Waals surface area contributed by atoms with Crippen LogP contribution in [0.4, 0.5) is 5.69 Å². The van der Waals surface area contributed by atoms with Gasteiger partial charge in [0, 0.05) is 18.7 Å². The maximum Gasteiger partial charge on any atom is 0.224 e. The van der Waals surface area contributed by atoms with Gasteiger partial charge in [-0.25, -0.2) is 0 Å². The van der Waals surface area contributed by atoms with Gasteiger partial charge in [-0.1, -0.05) is 24.3 Å². The Balaban J connectivity index is 1.69. The maximum atomic E-state index is 11.8. The molecule has 4 heteroatoms. The van der Waals surface area contributed by atoms with Gasteiger partial charge in [0.15, 0.2) is 0 Å². The SMILES string of the molecule is Cc1cccc(OCCCC(=O)Nc2ccc(CN)cc2)c1. The van der Waals surface area contributed by atoms with Crippen molar-refractivity contribution in [3.8, 4) is 5.75 Å². The predicted octanol–water partition coefficient (Wildman–Crippen LogP) is 3.25. The van der Waals surface area contributed by atoms with E-state index < -0.39 is 0 Å². The molecule has 0 bridgehead atoms. The first-order valence-corrected chi connectivity index (χ1v) is 7.46. The fourth-order valence-electron chi connectivity index (χ4n) is 2.08. The van der Waals surface area contributed by atoms with E-state index in [1.54, 1.807) is 0 Å². The highest BCUT2D eigenvalue weighted by atomic mass is 16.5. The molecule has 116 valence electrons. The molecule has 0 atom stereocenters. The molecule has 0 radical (unpaired) electrons. The number of amides is 1. The summed E-state index contributed by atoms with van der Waals surface area (Å²) in [5.41, 5.74) is 8.54. The van der Waals surface area contributed by atoms with E-state index in [1.165, 1.54) is 0 Å². The van der Waals surface area contributed by atoms with Crippen LogP contribution in [0.3, 0.4) is 0 Å². The summed E-state index contributed by atoms with van der Waals surface area (Å²) in [5, 5.41) is 2.87. The Morgan fingerprint density at radius 3 is 2.64 bits per heavy atom. The molecular formula is C18H22N2O2. The van der Waals surface area contributed by atoms with Crippen molar-refractivity contribution in [3.05, 3.63) is 59.7 Å². The Morgan fingerprint density at radius 2 is 1.95 bits per heavy atom.